The topological polar surface area (TPSA) is 54.9 Å². The molecular formula is C12H10IN3O. The van der Waals surface area contributed by atoms with E-state index >= 15 is 0 Å². The molecule has 3 rings (SSSR count). The van der Waals surface area contributed by atoms with Crippen LogP contribution in [-0.4, -0.2) is 22.1 Å². The molecule has 1 heterocycles. The van der Waals surface area contributed by atoms with E-state index in [0.717, 1.165) is 27.3 Å². The summed E-state index contributed by atoms with van der Waals surface area (Å²) in [6.07, 6.45) is 2.15. The minimum Gasteiger partial charge on any atom is -0.348 e. The van der Waals surface area contributed by atoms with Crippen molar-refractivity contribution < 1.29 is 4.79 Å². The van der Waals surface area contributed by atoms with E-state index < -0.39 is 0 Å². The third-order valence-electron chi connectivity index (χ3n) is 2.73. The molecule has 0 radical (unpaired) electrons. The van der Waals surface area contributed by atoms with Gasteiger partial charge in [-0.25, -0.2) is 0 Å². The number of hydrogen-bond donors (Lipinski definition) is 1. The SMILES string of the molecule is O=C(NC1CC1)c1nnc2ccccc2c1I. The summed E-state index contributed by atoms with van der Waals surface area (Å²) in [6, 6.07) is 8.05. The van der Waals surface area contributed by atoms with Crippen LogP contribution in [0.25, 0.3) is 10.9 Å². The molecule has 1 saturated carbocycles. The number of benzene rings is 1. The molecule has 1 fully saturated rings. The quantitative estimate of drug-likeness (QED) is 0.853. The largest absolute Gasteiger partial charge is 0.348 e. The van der Waals surface area contributed by atoms with Crippen LogP contribution < -0.4 is 5.32 Å². The van der Waals surface area contributed by atoms with Crippen molar-refractivity contribution in [3.8, 4) is 0 Å². The smallest absolute Gasteiger partial charge is 0.273 e. The molecule has 1 aromatic heterocycles. The van der Waals surface area contributed by atoms with Gasteiger partial charge in [0.15, 0.2) is 5.69 Å². The first-order chi connectivity index (χ1) is 8.25. The zero-order valence-corrected chi connectivity index (χ0v) is 11.1. The third kappa shape index (κ3) is 2.11. The number of hydrogen-bond acceptors (Lipinski definition) is 3. The molecule has 0 atom stereocenters. The van der Waals surface area contributed by atoms with Gasteiger partial charge in [-0.3, -0.25) is 4.79 Å². The van der Waals surface area contributed by atoms with E-state index in [9.17, 15) is 4.79 Å². The maximum absolute atomic E-state index is 11.9. The molecule has 17 heavy (non-hydrogen) atoms. The van der Waals surface area contributed by atoms with Crippen LogP contribution >= 0.6 is 22.6 Å². The van der Waals surface area contributed by atoms with Crippen molar-refractivity contribution in [3.63, 3.8) is 0 Å². The number of carbonyl (C=O) groups excluding carboxylic acids is 1. The first-order valence-electron chi connectivity index (χ1n) is 5.47. The van der Waals surface area contributed by atoms with Gasteiger partial charge >= 0.3 is 0 Å². The van der Waals surface area contributed by atoms with Crippen LogP contribution in [0.5, 0.6) is 0 Å². The van der Waals surface area contributed by atoms with E-state index in [1.807, 2.05) is 24.3 Å². The minimum absolute atomic E-state index is 0.116. The highest BCUT2D eigenvalue weighted by molar-refractivity contribution is 14.1. The van der Waals surface area contributed by atoms with Gasteiger partial charge in [0.25, 0.3) is 5.91 Å². The van der Waals surface area contributed by atoms with Crippen molar-refractivity contribution in [2.24, 2.45) is 0 Å². The standard InChI is InChI=1S/C12H10IN3O/c13-10-8-3-1-2-4-9(8)15-16-11(10)12(17)14-7-5-6-7/h1-4,7H,5-6H2,(H,14,17). The zero-order chi connectivity index (χ0) is 11.8. The maximum atomic E-state index is 11.9. The van der Waals surface area contributed by atoms with Crippen LogP contribution in [-0.2, 0) is 0 Å². The number of aromatic nitrogens is 2. The van der Waals surface area contributed by atoms with Crippen molar-refractivity contribution in [2.75, 3.05) is 0 Å². The average Bonchev–Trinajstić information content (AvgIpc) is 3.13. The Morgan fingerprint density at radius 2 is 2.06 bits per heavy atom. The Morgan fingerprint density at radius 1 is 1.29 bits per heavy atom. The second-order valence-corrected chi connectivity index (χ2v) is 5.21. The number of carbonyl (C=O) groups is 1. The lowest BCUT2D eigenvalue weighted by Gasteiger charge is -2.06. The molecule has 0 spiro atoms. The van der Waals surface area contributed by atoms with Gasteiger partial charge < -0.3 is 5.32 Å². The van der Waals surface area contributed by atoms with E-state index in [1.165, 1.54) is 0 Å². The Labute approximate surface area is 112 Å². The first-order valence-corrected chi connectivity index (χ1v) is 6.55. The Hall–Kier alpha value is -1.24. The number of amides is 1. The molecule has 1 amide bonds. The van der Waals surface area contributed by atoms with Crippen molar-refractivity contribution in [3.05, 3.63) is 33.5 Å². The fourth-order valence-corrected chi connectivity index (χ4v) is 2.46. The first kappa shape index (κ1) is 10.9. The van der Waals surface area contributed by atoms with Crippen LogP contribution in [0, 0.1) is 3.57 Å². The Balaban J connectivity index is 2.04. The molecule has 1 aromatic carbocycles. The summed E-state index contributed by atoms with van der Waals surface area (Å²) >= 11 is 2.16. The normalized spacial score (nSPS) is 14.9. The molecule has 4 nitrogen and oxygen atoms in total. The van der Waals surface area contributed by atoms with Gasteiger partial charge in [0.2, 0.25) is 0 Å². The number of fused-ring (bicyclic) bond motifs is 1. The average molecular weight is 339 g/mol. The van der Waals surface area contributed by atoms with Gasteiger partial charge in [-0.2, -0.15) is 0 Å². The lowest BCUT2D eigenvalue weighted by Crippen LogP contribution is -2.27. The molecule has 1 aliphatic carbocycles. The molecule has 0 bridgehead atoms. The summed E-state index contributed by atoms with van der Waals surface area (Å²) in [4.78, 5) is 11.9. The molecule has 0 unspecified atom stereocenters. The molecular weight excluding hydrogens is 329 g/mol. The highest BCUT2D eigenvalue weighted by Gasteiger charge is 2.25. The van der Waals surface area contributed by atoms with Gasteiger partial charge in [0.1, 0.15) is 0 Å². The number of nitrogens with one attached hydrogen (secondary N) is 1. The fourth-order valence-electron chi connectivity index (χ4n) is 1.65. The predicted molar refractivity (Wildman–Crippen MR) is 72.7 cm³/mol. The van der Waals surface area contributed by atoms with Gasteiger partial charge in [0.05, 0.1) is 9.09 Å². The highest BCUT2D eigenvalue weighted by atomic mass is 127. The highest BCUT2D eigenvalue weighted by Crippen LogP contribution is 2.23. The second-order valence-electron chi connectivity index (χ2n) is 4.13. The Morgan fingerprint density at radius 3 is 2.82 bits per heavy atom. The molecule has 5 heteroatoms. The molecule has 86 valence electrons. The summed E-state index contributed by atoms with van der Waals surface area (Å²) in [5.41, 5.74) is 1.25. The summed E-state index contributed by atoms with van der Waals surface area (Å²) in [5.74, 6) is -0.116. The summed E-state index contributed by atoms with van der Waals surface area (Å²) < 4.78 is 0.867. The second kappa shape index (κ2) is 4.21. The van der Waals surface area contributed by atoms with Crippen LogP contribution in [0.3, 0.4) is 0 Å². The molecule has 0 saturated heterocycles. The predicted octanol–water partition coefficient (Wildman–Crippen LogP) is 2.13. The molecule has 2 aromatic rings. The number of nitrogens with zero attached hydrogens (tertiary/aromatic N) is 2. The summed E-state index contributed by atoms with van der Waals surface area (Å²) in [7, 11) is 0. The summed E-state index contributed by atoms with van der Waals surface area (Å²) in [5, 5.41) is 12.0. The van der Waals surface area contributed by atoms with Crippen LogP contribution in [0.1, 0.15) is 23.3 Å². The Kier molecular flexibility index (Phi) is 2.70. The lowest BCUT2D eigenvalue weighted by molar-refractivity contribution is 0.0944. The van der Waals surface area contributed by atoms with Crippen molar-refractivity contribution in [1.82, 2.24) is 15.5 Å². The maximum Gasteiger partial charge on any atom is 0.273 e. The molecule has 1 aliphatic rings. The van der Waals surface area contributed by atoms with E-state index in [1.54, 1.807) is 0 Å². The van der Waals surface area contributed by atoms with E-state index in [-0.39, 0.29) is 5.91 Å². The third-order valence-corrected chi connectivity index (χ3v) is 3.83. The zero-order valence-electron chi connectivity index (χ0n) is 8.98. The van der Waals surface area contributed by atoms with E-state index in [0.29, 0.717) is 11.7 Å². The van der Waals surface area contributed by atoms with Gasteiger partial charge in [-0.15, -0.1) is 10.2 Å². The van der Waals surface area contributed by atoms with Crippen molar-refractivity contribution in [2.45, 2.75) is 18.9 Å². The van der Waals surface area contributed by atoms with Crippen molar-refractivity contribution in [1.29, 1.82) is 0 Å². The van der Waals surface area contributed by atoms with Crippen molar-refractivity contribution >= 4 is 39.4 Å². The molecule has 1 N–H and O–H groups in total. The van der Waals surface area contributed by atoms with Crippen LogP contribution in [0.15, 0.2) is 24.3 Å². The summed E-state index contributed by atoms with van der Waals surface area (Å²) in [6.45, 7) is 0. The van der Waals surface area contributed by atoms with E-state index in [2.05, 4.69) is 38.1 Å². The monoisotopic (exact) mass is 339 g/mol. The van der Waals surface area contributed by atoms with Crippen LogP contribution in [0.2, 0.25) is 0 Å². The minimum atomic E-state index is -0.116. The molecule has 0 aliphatic heterocycles. The van der Waals surface area contributed by atoms with Gasteiger partial charge in [-0.1, -0.05) is 18.2 Å². The van der Waals surface area contributed by atoms with Gasteiger partial charge in [-0.05, 0) is 41.5 Å². The lowest BCUT2D eigenvalue weighted by atomic mass is 10.2. The van der Waals surface area contributed by atoms with E-state index in [4.69, 9.17) is 0 Å². The number of halogens is 1. The Bertz CT molecular complexity index is 595. The fraction of sp³-hybridized carbons (Fsp3) is 0.250. The van der Waals surface area contributed by atoms with Crippen LogP contribution in [0.4, 0.5) is 0 Å². The van der Waals surface area contributed by atoms with Gasteiger partial charge in [0, 0.05) is 11.4 Å². The number of rotatable bonds is 2.